The lowest BCUT2D eigenvalue weighted by Crippen LogP contribution is -2.21. The molecule has 0 radical (unpaired) electrons. The Bertz CT molecular complexity index is 2550. The Balaban J connectivity index is 0.000000211. The molecule has 0 saturated carbocycles. The third kappa shape index (κ3) is 8.39. The topological polar surface area (TPSA) is 247 Å². The quantitative estimate of drug-likeness (QED) is 0.132. The number of phenols is 2. The molecule has 4 aromatic rings. The number of hydrogen-bond donors (Lipinski definition) is 3. The van der Waals surface area contributed by atoms with E-state index in [9.17, 15) is 36.6 Å². The second-order valence-electron chi connectivity index (χ2n) is 11.4. The van der Waals surface area contributed by atoms with E-state index in [0.29, 0.717) is 16.7 Å². The SMILES string of the molecule is COC(=O)c1ccc2c(c1)S(=O)(=O)N=C2N(C)/N=C/c1ccc(O)c(OC)c1.COc1cc(/C=N/N(C)C2=NS(=O)(=O)c3cc(C(=O)O)ccc32)ccc1O. The maximum atomic E-state index is 12.4. The average Bonchev–Trinajstić information content (AvgIpc) is 3.61. The zero-order chi connectivity index (χ0) is 40.2. The molecule has 18 nitrogen and oxygen atoms in total. The molecule has 6 rings (SSSR count). The molecular formula is C35H32N6O12S2. The van der Waals surface area contributed by atoms with Crippen LogP contribution in [0.3, 0.4) is 0 Å². The van der Waals surface area contributed by atoms with E-state index in [4.69, 9.17) is 14.6 Å². The number of carboxylic acids is 1. The van der Waals surface area contributed by atoms with Crippen molar-refractivity contribution in [2.75, 3.05) is 35.4 Å². The zero-order valence-corrected chi connectivity index (χ0v) is 31.2. The van der Waals surface area contributed by atoms with Crippen LogP contribution >= 0.6 is 0 Å². The Morgan fingerprint density at radius 1 is 0.655 bits per heavy atom. The molecule has 0 saturated heterocycles. The van der Waals surface area contributed by atoms with Crippen LogP contribution in [0.2, 0.25) is 0 Å². The van der Waals surface area contributed by atoms with Gasteiger partial charge in [-0.1, -0.05) is 0 Å². The number of methoxy groups -OCH3 is 3. The van der Waals surface area contributed by atoms with Crippen LogP contribution < -0.4 is 9.47 Å². The van der Waals surface area contributed by atoms with Crippen molar-refractivity contribution in [3.8, 4) is 23.0 Å². The molecule has 2 heterocycles. The van der Waals surface area contributed by atoms with E-state index >= 15 is 0 Å². The highest BCUT2D eigenvalue weighted by Crippen LogP contribution is 2.31. The lowest BCUT2D eigenvalue weighted by atomic mass is 10.1. The number of carboxylic acid groups (broad SMARTS) is 1. The smallest absolute Gasteiger partial charge is 0.337 e. The molecule has 0 aliphatic carbocycles. The van der Waals surface area contributed by atoms with Crippen LogP contribution in [-0.2, 0) is 24.8 Å². The molecule has 20 heteroatoms. The van der Waals surface area contributed by atoms with Crippen molar-refractivity contribution < 1.29 is 56.0 Å². The summed E-state index contributed by atoms with van der Waals surface area (Å²) in [6.07, 6.45) is 2.92. The monoisotopic (exact) mass is 792 g/mol. The number of aromatic hydroxyl groups is 2. The summed E-state index contributed by atoms with van der Waals surface area (Å²) < 4.78 is 71.3. The molecule has 0 unspecified atom stereocenters. The minimum atomic E-state index is -4.00. The number of sulfonamides is 2. The number of fused-ring (bicyclic) bond motifs is 2. The van der Waals surface area contributed by atoms with Crippen LogP contribution in [-0.4, -0.2) is 114 Å². The summed E-state index contributed by atoms with van der Waals surface area (Å²) in [4.78, 5) is 22.5. The summed E-state index contributed by atoms with van der Waals surface area (Å²) in [5.41, 5.74) is 1.81. The maximum Gasteiger partial charge on any atom is 0.337 e. The number of aromatic carboxylic acids is 1. The van der Waals surface area contributed by atoms with Crippen LogP contribution in [0.5, 0.6) is 23.0 Å². The van der Waals surface area contributed by atoms with Crippen LogP contribution in [0.4, 0.5) is 0 Å². The fourth-order valence-corrected chi connectivity index (χ4v) is 7.59. The van der Waals surface area contributed by atoms with Crippen LogP contribution in [0.15, 0.2) is 102 Å². The van der Waals surface area contributed by atoms with Gasteiger partial charge in [-0.25, -0.2) is 19.6 Å². The lowest BCUT2D eigenvalue weighted by molar-refractivity contribution is 0.0599. The molecule has 0 spiro atoms. The highest BCUT2D eigenvalue weighted by molar-refractivity contribution is 7.91. The molecule has 0 fully saturated rings. The van der Waals surface area contributed by atoms with Crippen LogP contribution in [0.25, 0.3) is 0 Å². The van der Waals surface area contributed by atoms with Crippen LogP contribution in [0, 0.1) is 0 Å². The third-order valence-electron chi connectivity index (χ3n) is 7.86. The van der Waals surface area contributed by atoms with Gasteiger partial charge in [-0.15, -0.1) is 8.80 Å². The van der Waals surface area contributed by atoms with E-state index in [1.807, 2.05) is 0 Å². The number of benzene rings is 4. The van der Waals surface area contributed by atoms with E-state index in [1.165, 1.54) is 93.3 Å². The molecule has 4 aromatic carbocycles. The van der Waals surface area contributed by atoms with E-state index in [0.717, 1.165) is 6.07 Å². The van der Waals surface area contributed by atoms with Gasteiger partial charge >= 0.3 is 11.9 Å². The highest BCUT2D eigenvalue weighted by atomic mass is 32.2. The Labute approximate surface area is 314 Å². The number of phenolic OH excluding ortho intramolecular Hbond substituents is 2. The Hall–Kier alpha value is -6.80. The Morgan fingerprint density at radius 3 is 1.47 bits per heavy atom. The largest absolute Gasteiger partial charge is 0.504 e. The normalized spacial score (nSPS) is 14.6. The van der Waals surface area contributed by atoms with Crippen molar-refractivity contribution >= 4 is 56.1 Å². The van der Waals surface area contributed by atoms with Gasteiger partial charge in [0.25, 0.3) is 20.0 Å². The second kappa shape index (κ2) is 15.7. The first-order chi connectivity index (χ1) is 26.0. The molecular weight excluding hydrogens is 761 g/mol. The first-order valence-corrected chi connectivity index (χ1v) is 18.5. The summed E-state index contributed by atoms with van der Waals surface area (Å²) in [6.45, 7) is 0. The molecule has 286 valence electrons. The number of carbonyl (C=O) groups is 2. The summed E-state index contributed by atoms with van der Waals surface area (Å²) in [6, 6.07) is 17.2. The molecule has 0 bridgehead atoms. The zero-order valence-electron chi connectivity index (χ0n) is 29.6. The van der Waals surface area contributed by atoms with E-state index < -0.39 is 32.0 Å². The number of rotatable bonds is 8. The minimum Gasteiger partial charge on any atom is -0.504 e. The number of ether oxygens (including phenoxy) is 3. The van der Waals surface area contributed by atoms with Gasteiger partial charge in [0.1, 0.15) is 9.79 Å². The lowest BCUT2D eigenvalue weighted by Gasteiger charge is -2.13. The minimum absolute atomic E-state index is 0.00500. The van der Waals surface area contributed by atoms with Gasteiger partial charge in [0, 0.05) is 25.2 Å². The molecule has 2 aliphatic rings. The molecule has 2 aliphatic heterocycles. The van der Waals surface area contributed by atoms with Gasteiger partial charge in [0.15, 0.2) is 34.7 Å². The van der Waals surface area contributed by atoms with Crippen molar-refractivity contribution in [1.29, 1.82) is 0 Å². The van der Waals surface area contributed by atoms with Gasteiger partial charge in [-0.2, -0.15) is 27.0 Å². The molecule has 0 atom stereocenters. The number of carbonyl (C=O) groups excluding carboxylic acids is 1. The molecule has 55 heavy (non-hydrogen) atoms. The van der Waals surface area contributed by atoms with Gasteiger partial charge in [-0.05, 0) is 83.9 Å². The molecule has 0 amide bonds. The summed E-state index contributed by atoms with van der Waals surface area (Å²) >= 11 is 0. The third-order valence-corrected chi connectivity index (χ3v) is 10.5. The van der Waals surface area contributed by atoms with Gasteiger partial charge < -0.3 is 29.5 Å². The highest BCUT2D eigenvalue weighted by Gasteiger charge is 2.33. The first kappa shape index (κ1) is 39.4. The van der Waals surface area contributed by atoms with Crippen LogP contribution in [0.1, 0.15) is 43.0 Å². The van der Waals surface area contributed by atoms with Gasteiger partial charge in [0.2, 0.25) is 0 Å². The Kier molecular flexibility index (Phi) is 11.2. The van der Waals surface area contributed by atoms with Crippen molar-refractivity contribution in [2.45, 2.75) is 9.79 Å². The first-order valence-electron chi connectivity index (χ1n) is 15.6. The van der Waals surface area contributed by atoms with Crippen molar-refractivity contribution in [3.63, 3.8) is 0 Å². The van der Waals surface area contributed by atoms with Crippen molar-refractivity contribution in [1.82, 2.24) is 10.0 Å². The molecule has 0 aromatic heterocycles. The number of nitrogens with zero attached hydrogens (tertiary/aromatic N) is 6. The number of hydrazone groups is 2. The van der Waals surface area contributed by atoms with E-state index in [2.05, 4.69) is 23.7 Å². The van der Waals surface area contributed by atoms with Crippen molar-refractivity contribution in [3.05, 3.63) is 106 Å². The van der Waals surface area contributed by atoms with Gasteiger partial charge in [-0.3, -0.25) is 0 Å². The fraction of sp³-hybridized carbons (Fsp3) is 0.143. The maximum absolute atomic E-state index is 12.4. The predicted molar refractivity (Wildman–Crippen MR) is 199 cm³/mol. The molecule has 3 N–H and O–H groups in total. The number of amidine groups is 2. The number of hydrogen-bond acceptors (Lipinski definition) is 15. The summed E-state index contributed by atoms with van der Waals surface area (Å²) in [7, 11) is -0.822. The Morgan fingerprint density at radius 2 is 1.07 bits per heavy atom. The number of esters is 1. The average molecular weight is 793 g/mol. The summed E-state index contributed by atoms with van der Waals surface area (Å²) in [5, 5.41) is 39.2. The summed E-state index contributed by atoms with van der Waals surface area (Å²) in [5.74, 6) is -1.14. The standard InChI is InChI=1S/C18H17N3O6S.C17H15N3O6S/c1-21(19-10-11-4-7-14(22)15(8-11)26-2)17-13-6-5-12(18(23)27-3)9-16(13)28(24,25)20-17;1-20(18-9-10-3-6-13(21)14(7-10)26-2)16-12-5-4-11(17(22)23)8-15(12)27(24,25)19-16/h4-10,22H,1-3H3;3-9,21H,1-2H3,(H,22,23)/b19-10+;18-9+. The van der Waals surface area contributed by atoms with E-state index in [1.54, 1.807) is 31.3 Å². The van der Waals surface area contributed by atoms with Gasteiger partial charge in [0.05, 0.1) is 44.9 Å². The second-order valence-corrected chi connectivity index (χ2v) is 14.5. The van der Waals surface area contributed by atoms with Crippen molar-refractivity contribution in [2.24, 2.45) is 19.0 Å². The van der Waals surface area contributed by atoms with E-state index in [-0.39, 0.29) is 61.2 Å². The fourth-order valence-electron chi connectivity index (χ4n) is 5.07. The predicted octanol–water partition coefficient (Wildman–Crippen LogP) is 3.12.